The van der Waals surface area contributed by atoms with Crippen molar-refractivity contribution in [1.82, 2.24) is 9.80 Å². The molecule has 0 bridgehead atoms. The van der Waals surface area contributed by atoms with Crippen LogP contribution in [0.1, 0.15) is 37.7 Å². The molecule has 2 saturated heterocycles. The summed E-state index contributed by atoms with van der Waals surface area (Å²) in [5.74, 6) is 0.654. The van der Waals surface area contributed by atoms with E-state index < -0.39 is 12.5 Å². The molecule has 1 amide bonds. The van der Waals surface area contributed by atoms with Gasteiger partial charge >= 0.3 is 6.36 Å². The number of rotatable bonds is 6. The fourth-order valence-electron chi connectivity index (χ4n) is 3.76. The van der Waals surface area contributed by atoms with Gasteiger partial charge in [0.2, 0.25) is 0 Å². The standard InChI is InChI=1S/C20H27F3N2O3/c21-20(22,23)28-17-8-12-24(13-9-17)14-16-6-2-3-7-18(16)27-15-19(26)25-10-4-1-5-11-25/h2-3,6-7,17H,1,4-5,8-15H2. The van der Waals surface area contributed by atoms with Crippen LogP contribution in [-0.4, -0.2) is 61.0 Å². The summed E-state index contributed by atoms with van der Waals surface area (Å²) in [6.45, 7) is 3.23. The number of piperidine rings is 2. The fraction of sp³-hybridized carbons (Fsp3) is 0.650. The van der Waals surface area contributed by atoms with Crippen LogP contribution in [0.25, 0.3) is 0 Å². The summed E-state index contributed by atoms with van der Waals surface area (Å²) >= 11 is 0. The lowest BCUT2D eigenvalue weighted by atomic mass is 10.1. The fourth-order valence-corrected chi connectivity index (χ4v) is 3.76. The van der Waals surface area contributed by atoms with Gasteiger partial charge in [-0.25, -0.2) is 0 Å². The monoisotopic (exact) mass is 400 g/mol. The molecule has 156 valence electrons. The van der Waals surface area contributed by atoms with Gasteiger partial charge in [-0.15, -0.1) is 13.2 Å². The first-order valence-corrected chi connectivity index (χ1v) is 9.86. The maximum Gasteiger partial charge on any atom is 0.522 e. The molecule has 1 aromatic carbocycles. The van der Waals surface area contributed by atoms with Crippen molar-refractivity contribution in [2.24, 2.45) is 0 Å². The minimum atomic E-state index is -4.58. The van der Waals surface area contributed by atoms with E-state index in [-0.39, 0.29) is 12.5 Å². The second-order valence-corrected chi connectivity index (χ2v) is 7.38. The molecule has 0 unspecified atom stereocenters. The summed E-state index contributed by atoms with van der Waals surface area (Å²) in [7, 11) is 0. The van der Waals surface area contributed by atoms with Crippen molar-refractivity contribution < 1.29 is 27.4 Å². The van der Waals surface area contributed by atoms with E-state index >= 15 is 0 Å². The third-order valence-corrected chi connectivity index (χ3v) is 5.26. The smallest absolute Gasteiger partial charge is 0.483 e. The zero-order valence-corrected chi connectivity index (χ0v) is 15.9. The third-order valence-electron chi connectivity index (χ3n) is 5.26. The maximum atomic E-state index is 12.3. The molecule has 1 aromatic rings. The maximum absolute atomic E-state index is 12.3. The quantitative estimate of drug-likeness (QED) is 0.732. The molecule has 2 aliphatic heterocycles. The molecule has 0 radical (unpaired) electrons. The summed E-state index contributed by atoms with van der Waals surface area (Å²) in [5, 5.41) is 0. The van der Waals surface area contributed by atoms with Crippen LogP contribution in [0.5, 0.6) is 5.75 Å². The van der Waals surface area contributed by atoms with E-state index in [0.29, 0.717) is 38.2 Å². The highest BCUT2D eigenvalue weighted by Gasteiger charge is 2.35. The van der Waals surface area contributed by atoms with Crippen LogP contribution < -0.4 is 4.74 Å². The van der Waals surface area contributed by atoms with Crippen LogP contribution in [0.4, 0.5) is 13.2 Å². The van der Waals surface area contributed by atoms with Gasteiger partial charge in [0.15, 0.2) is 6.61 Å². The lowest BCUT2D eigenvalue weighted by Gasteiger charge is -2.32. The SMILES string of the molecule is O=C(COc1ccccc1CN1CCC(OC(F)(F)F)CC1)N1CCCCC1. The van der Waals surface area contributed by atoms with E-state index in [4.69, 9.17) is 4.74 Å². The lowest BCUT2D eigenvalue weighted by Crippen LogP contribution is -2.39. The van der Waals surface area contributed by atoms with Gasteiger partial charge in [0.1, 0.15) is 5.75 Å². The van der Waals surface area contributed by atoms with Crippen LogP contribution >= 0.6 is 0 Å². The number of nitrogens with zero attached hydrogens (tertiary/aromatic N) is 2. The van der Waals surface area contributed by atoms with Crippen molar-refractivity contribution in [2.45, 2.75) is 51.1 Å². The number of benzene rings is 1. The zero-order valence-electron chi connectivity index (χ0n) is 15.9. The van der Waals surface area contributed by atoms with Crippen LogP contribution in [0.2, 0.25) is 0 Å². The van der Waals surface area contributed by atoms with E-state index in [1.165, 1.54) is 0 Å². The number of hydrogen-bond acceptors (Lipinski definition) is 4. The Morgan fingerprint density at radius 1 is 1.04 bits per heavy atom. The predicted molar refractivity (Wildman–Crippen MR) is 97.8 cm³/mol. The first-order valence-electron chi connectivity index (χ1n) is 9.86. The molecule has 0 atom stereocenters. The molecule has 0 spiro atoms. The van der Waals surface area contributed by atoms with E-state index in [9.17, 15) is 18.0 Å². The molecule has 2 fully saturated rings. The van der Waals surface area contributed by atoms with Crippen LogP contribution in [0.3, 0.4) is 0 Å². The highest BCUT2D eigenvalue weighted by molar-refractivity contribution is 5.77. The van der Waals surface area contributed by atoms with Gasteiger partial charge < -0.3 is 9.64 Å². The average Bonchev–Trinajstić information content (AvgIpc) is 2.68. The highest BCUT2D eigenvalue weighted by Crippen LogP contribution is 2.26. The van der Waals surface area contributed by atoms with Crippen LogP contribution in [0.15, 0.2) is 24.3 Å². The predicted octanol–water partition coefficient (Wildman–Crippen LogP) is 3.58. The number of ether oxygens (including phenoxy) is 2. The zero-order chi connectivity index (χ0) is 20.0. The van der Waals surface area contributed by atoms with Gasteiger partial charge in [0.05, 0.1) is 6.10 Å². The molecule has 5 nitrogen and oxygen atoms in total. The number of hydrogen-bond donors (Lipinski definition) is 0. The van der Waals surface area contributed by atoms with E-state index in [1.54, 1.807) is 0 Å². The topological polar surface area (TPSA) is 42.0 Å². The van der Waals surface area contributed by atoms with Gasteiger partial charge in [-0.05, 0) is 38.2 Å². The van der Waals surface area contributed by atoms with Gasteiger partial charge in [-0.2, -0.15) is 0 Å². The number of alkyl halides is 3. The van der Waals surface area contributed by atoms with E-state index in [2.05, 4.69) is 9.64 Å². The Labute approximate surface area is 163 Å². The highest BCUT2D eigenvalue weighted by atomic mass is 19.4. The van der Waals surface area contributed by atoms with Gasteiger partial charge in [0, 0.05) is 38.3 Å². The van der Waals surface area contributed by atoms with Crippen LogP contribution in [0, 0.1) is 0 Å². The Bertz CT molecular complexity index is 640. The van der Waals surface area contributed by atoms with Crippen molar-refractivity contribution in [3.05, 3.63) is 29.8 Å². The molecule has 0 saturated carbocycles. The Morgan fingerprint density at radius 3 is 2.39 bits per heavy atom. The van der Waals surface area contributed by atoms with Crippen molar-refractivity contribution in [3.63, 3.8) is 0 Å². The Kier molecular flexibility index (Phi) is 7.18. The Morgan fingerprint density at radius 2 is 1.71 bits per heavy atom. The Balaban J connectivity index is 1.49. The van der Waals surface area contributed by atoms with Gasteiger partial charge in [-0.3, -0.25) is 14.4 Å². The molecule has 8 heteroatoms. The molecular formula is C20H27F3N2O3. The third kappa shape index (κ3) is 6.38. The van der Waals surface area contributed by atoms with Crippen molar-refractivity contribution in [3.8, 4) is 5.75 Å². The minimum Gasteiger partial charge on any atom is -0.483 e. The molecule has 2 heterocycles. The molecule has 0 aromatic heterocycles. The summed E-state index contributed by atoms with van der Waals surface area (Å²) in [4.78, 5) is 16.2. The number of amides is 1. The van der Waals surface area contributed by atoms with Crippen LogP contribution in [-0.2, 0) is 16.1 Å². The van der Waals surface area contributed by atoms with E-state index in [0.717, 1.165) is 37.9 Å². The lowest BCUT2D eigenvalue weighted by molar-refractivity contribution is -0.345. The van der Waals surface area contributed by atoms with Crippen molar-refractivity contribution >= 4 is 5.91 Å². The molecular weight excluding hydrogens is 373 g/mol. The average molecular weight is 400 g/mol. The summed E-state index contributed by atoms with van der Waals surface area (Å²) < 4.78 is 46.9. The van der Waals surface area contributed by atoms with Gasteiger partial charge in [-0.1, -0.05) is 18.2 Å². The summed E-state index contributed by atoms with van der Waals surface area (Å²) in [5.41, 5.74) is 0.934. The minimum absolute atomic E-state index is 0.000355. The first-order chi connectivity index (χ1) is 13.4. The summed E-state index contributed by atoms with van der Waals surface area (Å²) in [6, 6.07) is 7.51. The molecule has 0 aliphatic carbocycles. The second-order valence-electron chi connectivity index (χ2n) is 7.38. The van der Waals surface area contributed by atoms with Gasteiger partial charge in [0.25, 0.3) is 5.91 Å². The number of likely N-dealkylation sites (tertiary alicyclic amines) is 2. The second kappa shape index (κ2) is 9.60. The molecule has 2 aliphatic rings. The number of para-hydroxylation sites is 1. The normalized spacial score (nSPS) is 19.6. The van der Waals surface area contributed by atoms with Crippen molar-refractivity contribution in [1.29, 1.82) is 0 Å². The Hall–Kier alpha value is -1.80. The molecule has 3 rings (SSSR count). The first kappa shape index (κ1) is 20.9. The summed E-state index contributed by atoms with van der Waals surface area (Å²) in [6.07, 6.45) is -1.42. The van der Waals surface area contributed by atoms with E-state index in [1.807, 2.05) is 29.2 Å². The molecule has 0 N–H and O–H groups in total. The largest absolute Gasteiger partial charge is 0.522 e. The number of carbonyl (C=O) groups is 1. The number of carbonyl (C=O) groups excluding carboxylic acids is 1. The molecule has 28 heavy (non-hydrogen) atoms. The van der Waals surface area contributed by atoms with Crippen molar-refractivity contribution in [2.75, 3.05) is 32.8 Å². The number of halogens is 3.